The lowest BCUT2D eigenvalue weighted by Crippen LogP contribution is -2.05. The van der Waals surface area contributed by atoms with E-state index in [0.29, 0.717) is 11.5 Å². The van der Waals surface area contributed by atoms with Gasteiger partial charge in [-0.1, -0.05) is 82.3 Å². The average Bonchev–Trinajstić information content (AvgIpc) is 2.65. The van der Waals surface area contributed by atoms with Gasteiger partial charge in [0.05, 0.1) is 0 Å². The Hall–Kier alpha value is -2.74. The molecule has 3 aromatic carbocycles. The predicted molar refractivity (Wildman–Crippen MR) is 112 cm³/mol. The Morgan fingerprint density at radius 3 is 1.41 bits per heavy atom. The third kappa shape index (κ3) is 4.00. The second-order valence-electron chi connectivity index (χ2n) is 7.79. The topological polar surface area (TPSA) is 40.5 Å². The zero-order valence-electron chi connectivity index (χ0n) is 16.5. The van der Waals surface area contributed by atoms with Crippen LogP contribution >= 0.6 is 0 Å². The van der Waals surface area contributed by atoms with Gasteiger partial charge in [0.25, 0.3) is 0 Å². The quantitative estimate of drug-likeness (QED) is 0.508. The van der Waals surface area contributed by atoms with Crippen molar-refractivity contribution in [1.82, 2.24) is 0 Å². The van der Waals surface area contributed by atoms with Crippen LogP contribution in [0.3, 0.4) is 0 Å². The van der Waals surface area contributed by atoms with Gasteiger partial charge in [-0.25, -0.2) is 0 Å². The van der Waals surface area contributed by atoms with Gasteiger partial charge in [0.2, 0.25) is 0 Å². The Bertz CT molecular complexity index is 853. The maximum atomic E-state index is 10.2. The first-order valence-electron chi connectivity index (χ1n) is 9.59. The van der Waals surface area contributed by atoms with E-state index in [4.69, 9.17) is 0 Å². The molecule has 0 radical (unpaired) electrons. The van der Waals surface area contributed by atoms with E-state index in [1.165, 1.54) is 5.56 Å². The van der Waals surface area contributed by atoms with E-state index in [9.17, 15) is 10.2 Å². The van der Waals surface area contributed by atoms with Gasteiger partial charge >= 0.3 is 0 Å². The zero-order chi connectivity index (χ0) is 19.6. The van der Waals surface area contributed by atoms with Gasteiger partial charge in [-0.05, 0) is 51.8 Å². The molecule has 0 atom stereocenters. The Kier molecular flexibility index (Phi) is 5.55. The fraction of sp³-hybridized carbons (Fsp3) is 0.280. The maximum absolute atomic E-state index is 10.2. The molecule has 3 aromatic rings. The summed E-state index contributed by atoms with van der Waals surface area (Å²) in [5.41, 5.74) is 5.39. The van der Waals surface area contributed by atoms with E-state index in [2.05, 4.69) is 64.1 Å². The van der Waals surface area contributed by atoms with E-state index in [1.807, 2.05) is 18.2 Å². The van der Waals surface area contributed by atoms with Gasteiger partial charge in [0, 0.05) is 5.92 Å². The van der Waals surface area contributed by atoms with Crippen LogP contribution < -0.4 is 0 Å². The first-order valence-corrected chi connectivity index (χ1v) is 9.59. The molecule has 0 aliphatic carbocycles. The average molecular weight is 360 g/mol. The van der Waals surface area contributed by atoms with Crippen molar-refractivity contribution >= 4 is 0 Å². The van der Waals surface area contributed by atoms with Crippen molar-refractivity contribution in [3.8, 4) is 11.5 Å². The molecule has 140 valence electrons. The second kappa shape index (κ2) is 7.87. The van der Waals surface area contributed by atoms with E-state index in [-0.39, 0.29) is 17.8 Å². The van der Waals surface area contributed by atoms with Crippen LogP contribution in [0.4, 0.5) is 0 Å². The highest BCUT2D eigenvalue weighted by molar-refractivity contribution is 5.50. The highest BCUT2D eigenvalue weighted by atomic mass is 16.3. The highest BCUT2D eigenvalue weighted by Gasteiger charge is 2.20. The molecule has 3 rings (SSSR count). The number of hydrogen-bond acceptors (Lipinski definition) is 2. The van der Waals surface area contributed by atoms with Gasteiger partial charge in [0.15, 0.2) is 0 Å². The Labute approximate surface area is 162 Å². The minimum absolute atomic E-state index is 0.0439. The molecule has 27 heavy (non-hydrogen) atoms. The summed E-state index contributed by atoms with van der Waals surface area (Å²) in [6.07, 6.45) is 0. The van der Waals surface area contributed by atoms with Gasteiger partial charge in [-0.3, -0.25) is 0 Å². The van der Waals surface area contributed by atoms with Crippen LogP contribution in [-0.4, -0.2) is 10.2 Å². The summed E-state index contributed by atoms with van der Waals surface area (Å²) in [4.78, 5) is 0. The van der Waals surface area contributed by atoms with E-state index < -0.39 is 0 Å². The van der Waals surface area contributed by atoms with Crippen LogP contribution in [0.1, 0.15) is 73.3 Å². The summed E-state index contributed by atoms with van der Waals surface area (Å²) in [6, 6.07) is 22.2. The van der Waals surface area contributed by atoms with Crippen molar-refractivity contribution in [2.24, 2.45) is 0 Å². The molecular weight excluding hydrogens is 332 g/mol. The summed E-state index contributed by atoms with van der Waals surface area (Å²) < 4.78 is 0. The fourth-order valence-corrected chi connectivity index (χ4v) is 3.65. The molecule has 0 unspecified atom stereocenters. The lowest BCUT2D eigenvalue weighted by Gasteiger charge is -2.22. The number of rotatable bonds is 5. The Morgan fingerprint density at radius 1 is 0.556 bits per heavy atom. The van der Waals surface area contributed by atoms with Crippen LogP contribution in [0, 0.1) is 0 Å². The summed E-state index contributed by atoms with van der Waals surface area (Å²) in [5, 5.41) is 20.5. The molecular formula is C25H28O2. The minimum atomic E-state index is 0.0439. The summed E-state index contributed by atoms with van der Waals surface area (Å²) in [5.74, 6) is 1.21. The van der Waals surface area contributed by atoms with Crippen LogP contribution in [-0.2, 0) is 0 Å². The summed E-state index contributed by atoms with van der Waals surface area (Å²) in [7, 11) is 0. The minimum Gasteiger partial charge on any atom is -0.508 e. The van der Waals surface area contributed by atoms with E-state index in [1.54, 1.807) is 12.1 Å². The van der Waals surface area contributed by atoms with Crippen molar-refractivity contribution < 1.29 is 10.2 Å². The molecule has 0 amide bonds. The number of phenolic OH excluding ortho intramolecular Hbond substituents is 2. The molecule has 0 saturated carbocycles. The van der Waals surface area contributed by atoms with Crippen molar-refractivity contribution in [2.45, 2.75) is 45.4 Å². The molecule has 0 fully saturated rings. The zero-order valence-corrected chi connectivity index (χ0v) is 16.5. The molecule has 0 saturated heterocycles. The third-order valence-corrected chi connectivity index (χ3v) is 5.15. The second-order valence-corrected chi connectivity index (χ2v) is 7.79. The van der Waals surface area contributed by atoms with Crippen molar-refractivity contribution in [3.63, 3.8) is 0 Å². The number of benzene rings is 3. The number of aromatic hydroxyl groups is 2. The molecule has 0 aromatic heterocycles. The molecule has 0 bridgehead atoms. The molecule has 0 spiro atoms. The standard InChI is InChI=1S/C25H28O2/c1-16(2)21-14-19(10-12-23(21)26)25(18-8-6-5-7-9-18)20-11-13-24(27)22(15-20)17(3)4/h5-17,25-27H,1-4H3. The Morgan fingerprint density at radius 2 is 1.00 bits per heavy atom. The Balaban J connectivity index is 2.20. The molecule has 2 heteroatoms. The first-order chi connectivity index (χ1) is 12.9. The van der Waals surface area contributed by atoms with Crippen LogP contribution in [0.15, 0.2) is 66.7 Å². The smallest absolute Gasteiger partial charge is 0.119 e. The molecule has 0 heterocycles. The lowest BCUT2D eigenvalue weighted by atomic mass is 9.82. The van der Waals surface area contributed by atoms with Gasteiger partial charge in [0.1, 0.15) is 11.5 Å². The van der Waals surface area contributed by atoms with Crippen molar-refractivity contribution in [2.75, 3.05) is 0 Å². The van der Waals surface area contributed by atoms with Gasteiger partial charge < -0.3 is 10.2 Å². The number of phenols is 2. The SMILES string of the molecule is CC(C)c1cc(C(c2ccccc2)c2ccc(O)c(C(C)C)c2)ccc1O. The summed E-state index contributed by atoms with van der Waals surface area (Å²) >= 11 is 0. The largest absolute Gasteiger partial charge is 0.508 e. The monoisotopic (exact) mass is 360 g/mol. The van der Waals surface area contributed by atoms with Crippen molar-refractivity contribution in [3.05, 3.63) is 94.5 Å². The van der Waals surface area contributed by atoms with Crippen LogP contribution in [0.5, 0.6) is 11.5 Å². The van der Waals surface area contributed by atoms with Gasteiger partial charge in [-0.2, -0.15) is 0 Å². The van der Waals surface area contributed by atoms with E-state index >= 15 is 0 Å². The molecule has 2 N–H and O–H groups in total. The highest BCUT2D eigenvalue weighted by Crippen LogP contribution is 2.38. The van der Waals surface area contributed by atoms with Gasteiger partial charge in [-0.15, -0.1) is 0 Å². The maximum Gasteiger partial charge on any atom is 0.119 e. The normalized spacial score (nSPS) is 11.5. The fourth-order valence-electron chi connectivity index (χ4n) is 3.65. The van der Waals surface area contributed by atoms with E-state index in [0.717, 1.165) is 22.3 Å². The first kappa shape index (κ1) is 19.0. The van der Waals surface area contributed by atoms with Crippen molar-refractivity contribution in [1.29, 1.82) is 0 Å². The molecule has 0 aliphatic heterocycles. The van der Waals surface area contributed by atoms with Crippen LogP contribution in [0.2, 0.25) is 0 Å². The third-order valence-electron chi connectivity index (χ3n) is 5.15. The number of hydrogen-bond donors (Lipinski definition) is 2. The molecule has 2 nitrogen and oxygen atoms in total. The molecule has 0 aliphatic rings. The lowest BCUT2D eigenvalue weighted by molar-refractivity contribution is 0.464. The predicted octanol–water partition coefficient (Wildman–Crippen LogP) is 6.52. The summed E-state index contributed by atoms with van der Waals surface area (Å²) in [6.45, 7) is 8.36. The van der Waals surface area contributed by atoms with Crippen LogP contribution in [0.25, 0.3) is 0 Å².